The van der Waals surface area contributed by atoms with Gasteiger partial charge in [0, 0.05) is 13.2 Å². The number of imidazole rings is 1. The lowest BCUT2D eigenvalue weighted by molar-refractivity contribution is 0.867. The Hall–Kier alpha value is -2.36. The second-order valence-corrected chi connectivity index (χ2v) is 5.11. The van der Waals surface area contributed by atoms with Crippen LogP contribution in [0.15, 0.2) is 42.9 Å². The van der Waals surface area contributed by atoms with Crippen LogP contribution >= 0.6 is 0 Å². The summed E-state index contributed by atoms with van der Waals surface area (Å²) in [6, 6.07) is 10.6. The summed E-state index contributed by atoms with van der Waals surface area (Å²) in [4.78, 5) is 8.85. The van der Waals surface area contributed by atoms with Crippen molar-refractivity contribution in [1.29, 1.82) is 0 Å². The lowest BCUT2D eigenvalue weighted by Gasteiger charge is -2.17. The van der Waals surface area contributed by atoms with Crippen LogP contribution in [-0.2, 0) is 7.05 Å². The Morgan fingerprint density at radius 3 is 2.75 bits per heavy atom. The van der Waals surface area contributed by atoms with Gasteiger partial charge in [-0.1, -0.05) is 24.3 Å². The van der Waals surface area contributed by atoms with Crippen LogP contribution in [0.5, 0.6) is 0 Å². The van der Waals surface area contributed by atoms with Gasteiger partial charge in [0.15, 0.2) is 5.82 Å². The molecule has 0 fully saturated rings. The molecule has 0 aliphatic carbocycles. The van der Waals surface area contributed by atoms with Crippen molar-refractivity contribution in [2.45, 2.75) is 19.9 Å². The quantitative estimate of drug-likeness (QED) is 0.789. The molecule has 2 heterocycles. The Bertz CT molecular complexity index is 745. The first-order valence-electron chi connectivity index (χ1n) is 6.75. The van der Waals surface area contributed by atoms with Crippen LogP contribution in [0.1, 0.15) is 24.1 Å². The highest BCUT2D eigenvalue weighted by Crippen LogP contribution is 2.25. The van der Waals surface area contributed by atoms with E-state index >= 15 is 0 Å². The number of hydrogen-bond donors (Lipinski definition) is 1. The molecule has 0 saturated carbocycles. The van der Waals surface area contributed by atoms with Crippen LogP contribution in [0.3, 0.4) is 0 Å². The number of aryl methyl sites for hydroxylation is 2. The number of aromatic nitrogens is 3. The second kappa shape index (κ2) is 4.96. The van der Waals surface area contributed by atoms with Gasteiger partial charge in [-0.25, -0.2) is 9.97 Å². The van der Waals surface area contributed by atoms with E-state index < -0.39 is 0 Å². The highest BCUT2D eigenvalue weighted by molar-refractivity contribution is 5.85. The average Bonchev–Trinajstić information content (AvgIpc) is 2.82. The zero-order chi connectivity index (χ0) is 14.1. The van der Waals surface area contributed by atoms with E-state index in [9.17, 15) is 0 Å². The maximum atomic E-state index is 4.43. The van der Waals surface area contributed by atoms with Gasteiger partial charge >= 0.3 is 0 Å². The summed E-state index contributed by atoms with van der Waals surface area (Å²) >= 11 is 0. The molecule has 2 aromatic heterocycles. The fourth-order valence-corrected chi connectivity index (χ4v) is 2.52. The molecular weight excluding hydrogens is 248 g/mol. The SMILES string of the molecule is Cc1ccccc1C(C)Nc1nccc2c1ncn2C. The number of benzene rings is 1. The molecule has 20 heavy (non-hydrogen) atoms. The molecule has 0 amide bonds. The van der Waals surface area contributed by atoms with Gasteiger partial charge in [0.05, 0.1) is 17.9 Å². The molecule has 0 aliphatic heterocycles. The van der Waals surface area contributed by atoms with Crippen LogP contribution in [0.25, 0.3) is 11.0 Å². The van der Waals surface area contributed by atoms with Crippen LogP contribution in [-0.4, -0.2) is 14.5 Å². The second-order valence-electron chi connectivity index (χ2n) is 5.11. The van der Waals surface area contributed by atoms with Crippen molar-refractivity contribution in [3.8, 4) is 0 Å². The van der Waals surface area contributed by atoms with Gasteiger partial charge in [0.1, 0.15) is 5.52 Å². The standard InChI is InChI=1S/C16H18N4/c1-11-6-4-5-7-13(11)12(2)19-16-15-14(8-9-17-16)20(3)10-18-15/h4-10,12H,1-3H3,(H,17,19). The number of hydrogen-bond acceptors (Lipinski definition) is 3. The van der Waals surface area contributed by atoms with Crippen LogP contribution < -0.4 is 5.32 Å². The molecule has 3 rings (SSSR count). The fraction of sp³-hybridized carbons (Fsp3) is 0.250. The Morgan fingerprint density at radius 2 is 1.95 bits per heavy atom. The predicted molar refractivity (Wildman–Crippen MR) is 81.7 cm³/mol. The molecule has 4 nitrogen and oxygen atoms in total. The minimum Gasteiger partial charge on any atom is -0.362 e. The average molecular weight is 266 g/mol. The largest absolute Gasteiger partial charge is 0.362 e. The Labute approximate surface area is 118 Å². The molecule has 0 radical (unpaired) electrons. The third kappa shape index (κ3) is 2.13. The van der Waals surface area contributed by atoms with Crippen LogP contribution in [0.4, 0.5) is 5.82 Å². The summed E-state index contributed by atoms with van der Waals surface area (Å²) in [5.41, 5.74) is 4.55. The summed E-state index contributed by atoms with van der Waals surface area (Å²) in [5, 5.41) is 3.47. The van der Waals surface area contributed by atoms with E-state index in [0.717, 1.165) is 16.9 Å². The Balaban J connectivity index is 1.95. The van der Waals surface area contributed by atoms with Gasteiger partial charge in [-0.15, -0.1) is 0 Å². The zero-order valence-corrected chi connectivity index (χ0v) is 12.0. The van der Waals surface area contributed by atoms with Gasteiger partial charge in [-0.05, 0) is 31.0 Å². The van der Waals surface area contributed by atoms with Gasteiger partial charge in [0.25, 0.3) is 0 Å². The van der Waals surface area contributed by atoms with E-state index in [0.29, 0.717) is 0 Å². The van der Waals surface area contributed by atoms with E-state index in [4.69, 9.17) is 0 Å². The summed E-state index contributed by atoms with van der Waals surface area (Å²) < 4.78 is 2.00. The minimum atomic E-state index is 0.191. The minimum absolute atomic E-state index is 0.191. The molecule has 1 aromatic carbocycles. The molecule has 0 aliphatic rings. The van der Waals surface area contributed by atoms with Gasteiger partial charge < -0.3 is 9.88 Å². The summed E-state index contributed by atoms with van der Waals surface area (Å²) in [6.45, 7) is 4.27. The lowest BCUT2D eigenvalue weighted by atomic mass is 10.0. The maximum Gasteiger partial charge on any atom is 0.154 e. The van der Waals surface area contributed by atoms with E-state index in [1.54, 1.807) is 0 Å². The molecule has 0 bridgehead atoms. The van der Waals surface area contributed by atoms with E-state index in [2.05, 4.69) is 53.4 Å². The molecule has 4 heteroatoms. The van der Waals surface area contributed by atoms with Gasteiger partial charge in [-0.2, -0.15) is 0 Å². The van der Waals surface area contributed by atoms with E-state index in [1.165, 1.54) is 11.1 Å². The number of pyridine rings is 1. The lowest BCUT2D eigenvalue weighted by Crippen LogP contribution is -2.09. The molecule has 1 unspecified atom stereocenters. The van der Waals surface area contributed by atoms with Crippen LogP contribution in [0, 0.1) is 6.92 Å². The molecule has 1 N–H and O–H groups in total. The highest BCUT2D eigenvalue weighted by Gasteiger charge is 2.12. The normalized spacial score (nSPS) is 12.6. The number of nitrogens with one attached hydrogen (secondary N) is 1. The molecule has 102 valence electrons. The maximum absolute atomic E-state index is 4.43. The number of anilines is 1. The van der Waals surface area contributed by atoms with Crippen molar-refractivity contribution in [3.63, 3.8) is 0 Å². The van der Waals surface area contributed by atoms with Gasteiger partial charge in [0.2, 0.25) is 0 Å². The first-order chi connectivity index (χ1) is 9.66. The molecular formula is C16H18N4. The summed E-state index contributed by atoms with van der Waals surface area (Å²) in [6.07, 6.45) is 3.63. The number of fused-ring (bicyclic) bond motifs is 1. The Kier molecular flexibility index (Phi) is 3.14. The van der Waals surface area contributed by atoms with Crippen molar-refractivity contribution in [3.05, 3.63) is 54.0 Å². The first-order valence-corrected chi connectivity index (χ1v) is 6.75. The van der Waals surface area contributed by atoms with E-state index in [-0.39, 0.29) is 6.04 Å². The summed E-state index contributed by atoms with van der Waals surface area (Å²) in [5.74, 6) is 0.832. The van der Waals surface area contributed by atoms with Crippen molar-refractivity contribution in [1.82, 2.24) is 14.5 Å². The van der Waals surface area contributed by atoms with Crippen molar-refractivity contribution in [2.75, 3.05) is 5.32 Å². The highest BCUT2D eigenvalue weighted by atomic mass is 15.1. The third-order valence-corrected chi connectivity index (χ3v) is 3.65. The topological polar surface area (TPSA) is 42.7 Å². The molecule has 3 aromatic rings. The molecule has 0 spiro atoms. The number of rotatable bonds is 3. The Morgan fingerprint density at radius 1 is 1.15 bits per heavy atom. The number of nitrogens with zero attached hydrogens (tertiary/aromatic N) is 3. The van der Waals surface area contributed by atoms with Crippen molar-refractivity contribution < 1.29 is 0 Å². The van der Waals surface area contributed by atoms with Gasteiger partial charge in [-0.3, -0.25) is 0 Å². The smallest absolute Gasteiger partial charge is 0.154 e. The zero-order valence-electron chi connectivity index (χ0n) is 12.0. The fourth-order valence-electron chi connectivity index (χ4n) is 2.52. The predicted octanol–water partition coefficient (Wildman–Crippen LogP) is 3.45. The van der Waals surface area contributed by atoms with E-state index in [1.807, 2.05) is 30.2 Å². The summed E-state index contributed by atoms with van der Waals surface area (Å²) in [7, 11) is 1.99. The first kappa shape index (κ1) is 12.7. The van der Waals surface area contributed by atoms with Crippen molar-refractivity contribution in [2.24, 2.45) is 7.05 Å². The van der Waals surface area contributed by atoms with Crippen LogP contribution in [0.2, 0.25) is 0 Å². The third-order valence-electron chi connectivity index (χ3n) is 3.65. The van der Waals surface area contributed by atoms with Crippen molar-refractivity contribution >= 4 is 16.9 Å². The monoisotopic (exact) mass is 266 g/mol. The molecule has 1 atom stereocenters. The molecule has 0 saturated heterocycles.